The molecule has 3 heteroatoms. The van der Waals surface area contributed by atoms with Crippen molar-refractivity contribution in [1.29, 1.82) is 0 Å². The summed E-state index contributed by atoms with van der Waals surface area (Å²) in [5.41, 5.74) is 0. The Morgan fingerprint density at radius 3 is 2.33 bits per heavy atom. The van der Waals surface area contributed by atoms with Gasteiger partial charge in [0.2, 0.25) is 0 Å². The Labute approximate surface area is 74.3 Å². The van der Waals surface area contributed by atoms with E-state index >= 15 is 0 Å². The van der Waals surface area contributed by atoms with E-state index in [1.54, 1.807) is 19.0 Å². The Kier molecular flexibility index (Phi) is 2.95. The van der Waals surface area contributed by atoms with Crippen molar-refractivity contribution in [3.63, 3.8) is 0 Å². The lowest BCUT2D eigenvalue weighted by molar-refractivity contribution is 0.171. The molecule has 0 radical (unpaired) electrons. The van der Waals surface area contributed by atoms with Gasteiger partial charge in [0.05, 0.1) is 0 Å². The van der Waals surface area contributed by atoms with Crippen LogP contribution in [0.4, 0.5) is 4.79 Å². The fourth-order valence-corrected chi connectivity index (χ4v) is 1.24. The maximum atomic E-state index is 11.5. The van der Waals surface area contributed by atoms with Crippen molar-refractivity contribution in [2.75, 3.05) is 27.2 Å². The van der Waals surface area contributed by atoms with E-state index in [4.69, 9.17) is 0 Å². The highest BCUT2D eigenvalue weighted by Gasteiger charge is 2.26. The average Bonchev–Trinajstić information content (AvgIpc) is 2.82. The number of amides is 2. The number of carbonyl (C=O) groups is 1. The molecule has 0 unspecified atom stereocenters. The van der Waals surface area contributed by atoms with Gasteiger partial charge in [-0.2, -0.15) is 0 Å². The summed E-state index contributed by atoms with van der Waals surface area (Å²) in [6.07, 6.45) is 2.61. The highest BCUT2D eigenvalue weighted by molar-refractivity contribution is 5.73. The molecule has 0 aromatic carbocycles. The molecule has 12 heavy (non-hydrogen) atoms. The third-order valence-electron chi connectivity index (χ3n) is 2.21. The molecule has 0 saturated heterocycles. The lowest BCUT2D eigenvalue weighted by Gasteiger charge is -2.24. The molecular weight excluding hydrogens is 152 g/mol. The van der Waals surface area contributed by atoms with Gasteiger partial charge in [-0.05, 0) is 25.7 Å². The summed E-state index contributed by atoms with van der Waals surface area (Å²) in [5, 5.41) is 0. The van der Waals surface area contributed by atoms with Gasteiger partial charge in [0.1, 0.15) is 0 Å². The van der Waals surface area contributed by atoms with Gasteiger partial charge in [0, 0.05) is 27.2 Å². The topological polar surface area (TPSA) is 23.6 Å². The second kappa shape index (κ2) is 3.78. The third kappa shape index (κ3) is 2.40. The summed E-state index contributed by atoms with van der Waals surface area (Å²) >= 11 is 0. The molecule has 70 valence electrons. The van der Waals surface area contributed by atoms with E-state index in [0.29, 0.717) is 0 Å². The number of rotatable bonds is 3. The maximum Gasteiger partial charge on any atom is 0.319 e. The molecule has 1 aliphatic carbocycles. The molecule has 0 heterocycles. The smallest absolute Gasteiger partial charge is 0.319 e. The Hall–Kier alpha value is -0.730. The summed E-state index contributed by atoms with van der Waals surface area (Å²) in [4.78, 5) is 15.0. The van der Waals surface area contributed by atoms with E-state index in [1.807, 2.05) is 11.8 Å². The molecule has 0 aliphatic heterocycles. The largest absolute Gasteiger partial charge is 0.331 e. The standard InChI is InChI=1S/C9H18N2O/c1-4-11(7-8-5-6-8)9(12)10(2)3/h8H,4-7H2,1-3H3. The van der Waals surface area contributed by atoms with Crippen molar-refractivity contribution in [3.8, 4) is 0 Å². The van der Waals surface area contributed by atoms with E-state index in [9.17, 15) is 4.79 Å². The zero-order valence-electron chi connectivity index (χ0n) is 8.21. The van der Waals surface area contributed by atoms with E-state index in [0.717, 1.165) is 19.0 Å². The molecule has 1 fully saturated rings. The van der Waals surface area contributed by atoms with Gasteiger partial charge in [-0.1, -0.05) is 0 Å². The van der Waals surface area contributed by atoms with Crippen molar-refractivity contribution < 1.29 is 4.79 Å². The minimum absolute atomic E-state index is 0.143. The van der Waals surface area contributed by atoms with Crippen molar-refractivity contribution in [1.82, 2.24) is 9.80 Å². The van der Waals surface area contributed by atoms with Crippen LogP contribution in [0.3, 0.4) is 0 Å². The summed E-state index contributed by atoms with van der Waals surface area (Å²) in [5.74, 6) is 0.786. The van der Waals surface area contributed by atoms with Gasteiger partial charge in [-0.3, -0.25) is 0 Å². The molecule has 1 rings (SSSR count). The normalized spacial score (nSPS) is 15.9. The minimum atomic E-state index is 0.143. The number of urea groups is 1. The summed E-state index contributed by atoms with van der Waals surface area (Å²) in [6, 6.07) is 0.143. The number of hydrogen-bond donors (Lipinski definition) is 0. The Bertz CT molecular complexity index is 164. The van der Waals surface area contributed by atoms with Crippen LogP contribution in [-0.2, 0) is 0 Å². The summed E-state index contributed by atoms with van der Waals surface area (Å²) < 4.78 is 0. The fraction of sp³-hybridized carbons (Fsp3) is 0.889. The Morgan fingerprint density at radius 1 is 1.42 bits per heavy atom. The van der Waals surface area contributed by atoms with Crippen LogP contribution in [0.2, 0.25) is 0 Å². The van der Waals surface area contributed by atoms with E-state index < -0.39 is 0 Å². The molecule has 0 aromatic rings. The van der Waals surface area contributed by atoms with Crippen LogP contribution in [0, 0.1) is 5.92 Å². The van der Waals surface area contributed by atoms with Crippen molar-refractivity contribution >= 4 is 6.03 Å². The zero-order valence-corrected chi connectivity index (χ0v) is 8.21. The molecule has 0 atom stereocenters. The molecule has 0 spiro atoms. The van der Waals surface area contributed by atoms with Crippen molar-refractivity contribution in [2.45, 2.75) is 19.8 Å². The lowest BCUT2D eigenvalue weighted by atomic mass is 10.4. The third-order valence-corrected chi connectivity index (χ3v) is 2.21. The Balaban J connectivity index is 2.36. The first kappa shape index (κ1) is 9.36. The average molecular weight is 170 g/mol. The van der Waals surface area contributed by atoms with Crippen molar-refractivity contribution in [2.24, 2.45) is 5.92 Å². The molecule has 0 bridgehead atoms. The maximum absolute atomic E-state index is 11.5. The predicted molar refractivity (Wildman–Crippen MR) is 49.1 cm³/mol. The second-order valence-corrected chi connectivity index (χ2v) is 3.66. The Morgan fingerprint density at radius 2 is 2.00 bits per heavy atom. The first-order valence-corrected chi connectivity index (χ1v) is 4.61. The number of nitrogens with zero attached hydrogens (tertiary/aromatic N) is 2. The zero-order chi connectivity index (χ0) is 9.14. The van der Waals surface area contributed by atoms with Crippen LogP contribution >= 0.6 is 0 Å². The minimum Gasteiger partial charge on any atom is -0.331 e. The van der Waals surface area contributed by atoms with Crippen molar-refractivity contribution in [3.05, 3.63) is 0 Å². The first-order chi connectivity index (χ1) is 5.65. The van der Waals surface area contributed by atoms with Gasteiger partial charge < -0.3 is 9.80 Å². The van der Waals surface area contributed by atoms with Crippen LogP contribution in [0.25, 0.3) is 0 Å². The van der Waals surface area contributed by atoms with Crippen LogP contribution < -0.4 is 0 Å². The van der Waals surface area contributed by atoms with E-state index in [1.165, 1.54) is 12.8 Å². The first-order valence-electron chi connectivity index (χ1n) is 4.61. The molecule has 0 N–H and O–H groups in total. The molecular formula is C9H18N2O. The number of hydrogen-bond acceptors (Lipinski definition) is 1. The predicted octanol–water partition coefficient (Wildman–Crippen LogP) is 1.40. The quantitative estimate of drug-likeness (QED) is 0.628. The van der Waals surface area contributed by atoms with Gasteiger partial charge >= 0.3 is 6.03 Å². The van der Waals surface area contributed by atoms with E-state index in [2.05, 4.69) is 0 Å². The second-order valence-electron chi connectivity index (χ2n) is 3.66. The van der Waals surface area contributed by atoms with Gasteiger partial charge in [-0.15, -0.1) is 0 Å². The molecule has 1 aliphatic rings. The summed E-state index contributed by atoms with van der Waals surface area (Å²) in [6.45, 7) is 3.81. The van der Waals surface area contributed by atoms with Crippen LogP contribution in [0.5, 0.6) is 0 Å². The lowest BCUT2D eigenvalue weighted by Crippen LogP contribution is -2.40. The molecule has 1 saturated carbocycles. The highest BCUT2D eigenvalue weighted by Crippen LogP contribution is 2.29. The molecule has 0 aromatic heterocycles. The van der Waals surface area contributed by atoms with Gasteiger partial charge in [0.25, 0.3) is 0 Å². The van der Waals surface area contributed by atoms with E-state index in [-0.39, 0.29) is 6.03 Å². The van der Waals surface area contributed by atoms with Gasteiger partial charge in [-0.25, -0.2) is 4.79 Å². The fourth-order valence-electron chi connectivity index (χ4n) is 1.24. The SMILES string of the molecule is CCN(CC1CC1)C(=O)N(C)C. The van der Waals surface area contributed by atoms with Crippen LogP contribution in [0.15, 0.2) is 0 Å². The molecule has 2 amide bonds. The molecule has 3 nitrogen and oxygen atoms in total. The highest BCUT2D eigenvalue weighted by atomic mass is 16.2. The van der Waals surface area contributed by atoms with Gasteiger partial charge in [0.15, 0.2) is 0 Å². The van der Waals surface area contributed by atoms with Crippen LogP contribution in [-0.4, -0.2) is 43.0 Å². The monoisotopic (exact) mass is 170 g/mol. The summed E-state index contributed by atoms with van der Waals surface area (Å²) in [7, 11) is 3.61. The van der Waals surface area contributed by atoms with Crippen LogP contribution in [0.1, 0.15) is 19.8 Å². The number of carbonyl (C=O) groups excluding carboxylic acids is 1.